The molecule has 2 amide bonds. The maximum Gasteiger partial charge on any atom is 0.275 e. The molecular weight excluding hydrogens is 406 g/mol. The third-order valence-electron chi connectivity index (χ3n) is 4.77. The van der Waals surface area contributed by atoms with E-state index in [1.54, 1.807) is 21.6 Å². The van der Waals surface area contributed by atoms with E-state index < -0.39 is 0 Å². The number of carbonyl (C=O) groups excluding carboxylic acids is 2. The van der Waals surface area contributed by atoms with Crippen molar-refractivity contribution >= 4 is 45.9 Å². The van der Waals surface area contributed by atoms with Crippen LogP contribution in [0.5, 0.6) is 0 Å². The molecular formula is C20H21N5O2S2. The van der Waals surface area contributed by atoms with Crippen molar-refractivity contribution in [3.63, 3.8) is 0 Å². The molecule has 0 spiro atoms. The van der Waals surface area contributed by atoms with E-state index in [9.17, 15) is 9.59 Å². The Hall–Kier alpha value is -2.75. The van der Waals surface area contributed by atoms with Gasteiger partial charge >= 0.3 is 0 Å². The van der Waals surface area contributed by atoms with E-state index in [1.165, 1.54) is 11.3 Å². The van der Waals surface area contributed by atoms with E-state index in [4.69, 9.17) is 5.73 Å². The number of thiazole rings is 1. The average molecular weight is 428 g/mol. The Morgan fingerprint density at radius 1 is 1.07 bits per heavy atom. The molecule has 3 aromatic rings. The van der Waals surface area contributed by atoms with Gasteiger partial charge in [0.05, 0.1) is 22.8 Å². The fourth-order valence-corrected chi connectivity index (χ4v) is 4.87. The Morgan fingerprint density at radius 3 is 2.59 bits per heavy atom. The van der Waals surface area contributed by atoms with E-state index in [1.807, 2.05) is 41.8 Å². The first kappa shape index (κ1) is 19.6. The highest BCUT2D eigenvalue weighted by Crippen LogP contribution is 2.30. The summed E-state index contributed by atoms with van der Waals surface area (Å²) in [6.07, 6.45) is 0. The lowest BCUT2D eigenvalue weighted by Crippen LogP contribution is -2.50. The minimum Gasteiger partial charge on any atom is -0.366 e. The molecule has 3 heterocycles. The van der Waals surface area contributed by atoms with E-state index in [0.29, 0.717) is 31.9 Å². The molecule has 1 aliphatic rings. The van der Waals surface area contributed by atoms with Gasteiger partial charge in [0, 0.05) is 31.6 Å². The number of nitrogens with one attached hydrogen (secondary N) is 1. The fraction of sp³-hybridized carbons (Fsp3) is 0.250. The van der Waals surface area contributed by atoms with Crippen LogP contribution in [0.25, 0.3) is 9.88 Å². The quantitative estimate of drug-likeness (QED) is 0.653. The Kier molecular flexibility index (Phi) is 5.89. The summed E-state index contributed by atoms with van der Waals surface area (Å²) in [6.45, 7) is 2.66. The lowest BCUT2D eigenvalue weighted by atomic mass is 10.2. The van der Waals surface area contributed by atoms with Gasteiger partial charge in [-0.1, -0.05) is 18.2 Å². The van der Waals surface area contributed by atoms with Gasteiger partial charge in [0.1, 0.15) is 10.7 Å². The number of piperazine rings is 1. The van der Waals surface area contributed by atoms with Crippen LogP contribution in [0.15, 0.2) is 47.2 Å². The Balaban J connectivity index is 1.46. The molecule has 150 valence electrons. The van der Waals surface area contributed by atoms with Crippen molar-refractivity contribution in [1.82, 2.24) is 9.88 Å². The number of rotatable bonds is 5. The van der Waals surface area contributed by atoms with Gasteiger partial charge in [-0.2, -0.15) is 0 Å². The monoisotopic (exact) mass is 427 g/mol. The minimum atomic E-state index is -0.228. The zero-order chi connectivity index (χ0) is 20.2. The standard InChI is InChI=1S/C20H21N5O2S2/c21-12-18(26)25-9-7-24(8-10-25)16-5-2-1-4-14(16)22-19(27)15-13-29-20(23-15)17-6-3-11-28-17/h1-6,11,13H,7-10,12,21H2,(H,22,27). The Bertz CT molecular complexity index is 994. The zero-order valence-corrected chi connectivity index (χ0v) is 17.3. The molecule has 0 aliphatic carbocycles. The Labute approximate surface area is 176 Å². The van der Waals surface area contributed by atoms with Crippen molar-refractivity contribution in [3.8, 4) is 9.88 Å². The lowest BCUT2D eigenvalue weighted by molar-refractivity contribution is -0.129. The number of aromatic nitrogens is 1. The van der Waals surface area contributed by atoms with Crippen molar-refractivity contribution in [2.75, 3.05) is 42.9 Å². The second-order valence-corrected chi connectivity index (χ2v) is 8.36. The molecule has 0 bridgehead atoms. The van der Waals surface area contributed by atoms with Crippen LogP contribution < -0.4 is 16.0 Å². The summed E-state index contributed by atoms with van der Waals surface area (Å²) in [7, 11) is 0. The molecule has 1 saturated heterocycles. The first-order valence-electron chi connectivity index (χ1n) is 9.28. The second-order valence-electron chi connectivity index (χ2n) is 6.56. The molecule has 1 aliphatic heterocycles. The van der Waals surface area contributed by atoms with Gasteiger partial charge in [-0.3, -0.25) is 9.59 Å². The largest absolute Gasteiger partial charge is 0.366 e. The van der Waals surface area contributed by atoms with Gasteiger partial charge in [-0.25, -0.2) is 4.98 Å². The van der Waals surface area contributed by atoms with Crippen LogP contribution in [-0.4, -0.2) is 54.4 Å². The summed E-state index contributed by atoms with van der Waals surface area (Å²) in [5.74, 6) is -0.259. The zero-order valence-electron chi connectivity index (χ0n) is 15.7. The number of carbonyl (C=O) groups is 2. The molecule has 0 unspecified atom stereocenters. The highest BCUT2D eigenvalue weighted by atomic mass is 32.1. The van der Waals surface area contributed by atoms with Gasteiger partial charge in [-0.15, -0.1) is 22.7 Å². The summed E-state index contributed by atoms with van der Waals surface area (Å²) in [6, 6.07) is 11.7. The van der Waals surface area contributed by atoms with E-state index in [2.05, 4.69) is 15.2 Å². The summed E-state index contributed by atoms with van der Waals surface area (Å²) < 4.78 is 0. The number of para-hydroxylation sites is 2. The number of benzene rings is 1. The first-order valence-corrected chi connectivity index (χ1v) is 11.0. The molecule has 0 saturated carbocycles. The highest BCUT2D eigenvalue weighted by Gasteiger charge is 2.22. The minimum absolute atomic E-state index is 0.0312. The van der Waals surface area contributed by atoms with Crippen LogP contribution in [0.4, 0.5) is 11.4 Å². The third kappa shape index (κ3) is 4.31. The number of hydrogen-bond acceptors (Lipinski definition) is 7. The van der Waals surface area contributed by atoms with Crippen LogP contribution in [0, 0.1) is 0 Å². The van der Waals surface area contributed by atoms with Crippen molar-refractivity contribution in [3.05, 3.63) is 52.9 Å². The number of nitrogens with two attached hydrogens (primary N) is 1. The molecule has 4 rings (SSSR count). The molecule has 0 atom stereocenters. The number of anilines is 2. The molecule has 29 heavy (non-hydrogen) atoms. The maximum atomic E-state index is 12.8. The van der Waals surface area contributed by atoms with E-state index >= 15 is 0 Å². The van der Waals surface area contributed by atoms with Crippen LogP contribution in [-0.2, 0) is 4.79 Å². The van der Waals surface area contributed by atoms with Gasteiger partial charge in [0.2, 0.25) is 5.91 Å². The number of hydrogen-bond donors (Lipinski definition) is 2. The Morgan fingerprint density at radius 2 is 1.86 bits per heavy atom. The predicted octanol–water partition coefficient (Wildman–Crippen LogP) is 2.73. The van der Waals surface area contributed by atoms with Crippen molar-refractivity contribution in [2.24, 2.45) is 5.73 Å². The van der Waals surface area contributed by atoms with E-state index in [-0.39, 0.29) is 18.4 Å². The van der Waals surface area contributed by atoms with Gasteiger partial charge in [-0.05, 0) is 23.6 Å². The third-order valence-corrected chi connectivity index (χ3v) is 6.65. The number of thiophene rings is 1. The summed E-state index contributed by atoms with van der Waals surface area (Å²) in [4.78, 5) is 34.0. The van der Waals surface area contributed by atoms with Crippen molar-refractivity contribution < 1.29 is 9.59 Å². The summed E-state index contributed by atoms with van der Waals surface area (Å²) >= 11 is 3.07. The van der Waals surface area contributed by atoms with Crippen LogP contribution in [0.3, 0.4) is 0 Å². The molecule has 9 heteroatoms. The molecule has 3 N–H and O–H groups in total. The predicted molar refractivity (Wildman–Crippen MR) is 118 cm³/mol. The molecule has 1 aromatic carbocycles. The first-order chi connectivity index (χ1) is 14.2. The van der Waals surface area contributed by atoms with Crippen LogP contribution in [0.2, 0.25) is 0 Å². The lowest BCUT2D eigenvalue weighted by Gasteiger charge is -2.36. The van der Waals surface area contributed by atoms with E-state index in [0.717, 1.165) is 21.3 Å². The second kappa shape index (κ2) is 8.73. The van der Waals surface area contributed by atoms with Crippen LogP contribution in [0.1, 0.15) is 10.5 Å². The highest BCUT2D eigenvalue weighted by molar-refractivity contribution is 7.20. The normalized spacial score (nSPS) is 14.1. The molecule has 1 fully saturated rings. The molecule has 0 radical (unpaired) electrons. The fourth-order valence-electron chi connectivity index (χ4n) is 3.26. The summed E-state index contributed by atoms with van der Waals surface area (Å²) in [5, 5.41) is 7.62. The van der Waals surface area contributed by atoms with Gasteiger partial charge in [0.15, 0.2) is 0 Å². The molecule has 7 nitrogen and oxygen atoms in total. The maximum absolute atomic E-state index is 12.8. The van der Waals surface area contributed by atoms with Crippen molar-refractivity contribution in [2.45, 2.75) is 0 Å². The van der Waals surface area contributed by atoms with Gasteiger partial charge < -0.3 is 20.9 Å². The van der Waals surface area contributed by atoms with Crippen LogP contribution >= 0.6 is 22.7 Å². The van der Waals surface area contributed by atoms with Crippen molar-refractivity contribution in [1.29, 1.82) is 0 Å². The smallest absolute Gasteiger partial charge is 0.275 e. The molecule has 2 aromatic heterocycles. The summed E-state index contributed by atoms with van der Waals surface area (Å²) in [5.41, 5.74) is 7.54. The average Bonchev–Trinajstić information content (AvgIpc) is 3.45. The topological polar surface area (TPSA) is 91.6 Å². The number of amides is 2. The SMILES string of the molecule is NCC(=O)N1CCN(c2ccccc2NC(=O)c2csc(-c3cccs3)n2)CC1. The number of nitrogens with zero attached hydrogens (tertiary/aromatic N) is 3. The van der Waals surface area contributed by atoms with Gasteiger partial charge in [0.25, 0.3) is 5.91 Å².